The lowest BCUT2D eigenvalue weighted by molar-refractivity contribution is 0.565. The van der Waals surface area contributed by atoms with Crippen molar-refractivity contribution >= 4 is 30.2 Å². The lowest BCUT2D eigenvalue weighted by Gasteiger charge is -2.06. The normalized spacial score (nSPS) is 17.8. The number of likely N-dealkylation sites (N-methyl/N-ethyl adjacent to an activating group) is 1. The smallest absolute Gasteiger partial charge is 0.155 e. The fourth-order valence-corrected chi connectivity index (χ4v) is 0.721. The molecule has 1 rings (SSSR count). The average molecular weight is 153 g/mol. The second-order valence-corrected chi connectivity index (χ2v) is 2.00. The maximum absolute atomic E-state index is 4.06. The van der Waals surface area contributed by atoms with Crippen molar-refractivity contribution in [2.75, 3.05) is 20.1 Å². The molecule has 0 bridgehead atoms. The first-order chi connectivity index (χ1) is 3.30. The van der Waals surface area contributed by atoms with Crippen molar-refractivity contribution in [2.45, 2.75) is 0 Å². The van der Waals surface area contributed by atoms with E-state index in [0.717, 1.165) is 18.3 Å². The number of aliphatic imine (C=N–C) groups is 1. The van der Waals surface area contributed by atoms with E-state index in [2.05, 4.69) is 17.6 Å². The van der Waals surface area contributed by atoms with Gasteiger partial charge in [0.15, 0.2) is 5.17 Å². The summed E-state index contributed by atoms with van der Waals surface area (Å²) >= 11 is 4.06. The Morgan fingerprint density at radius 2 is 2.38 bits per heavy atom. The van der Waals surface area contributed by atoms with E-state index in [9.17, 15) is 0 Å². The summed E-state index contributed by atoms with van der Waals surface area (Å²) in [5.74, 6) is 0. The Bertz CT molecular complexity index is 104. The van der Waals surface area contributed by atoms with Crippen LogP contribution in [0.2, 0.25) is 0 Å². The summed E-state index contributed by atoms with van der Waals surface area (Å²) in [5.41, 5.74) is 0. The van der Waals surface area contributed by atoms with Crippen LogP contribution in [0.3, 0.4) is 0 Å². The quantitative estimate of drug-likeness (QED) is 0.504. The third-order valence-electron chi connectivity index (χ3n) is 1.03. The van der Waals surface area contributed by atoms with Crippen LogP contribution in [-0.2, 0) is 0 Å². The van der Waals surface area contributed by atoms with Crippen molar-refractivity contribution in [2.24, 2.45) is 4.99 Å². The highest BCUT2D eigenvalue weighted by atomic mass is 35.5. The summed E-state index contributed by atoms with van der Waals surface area (Å²) in [5, 5.41) is 0.861. The van der Waals surface area contributed by atoms with Gasteiger partial charge in [-0.3, -0.25) is 4.99 Å². The second-order valence-electron chi connectivity index (χ2n) is 1.60. The Balaban J connectivity index is 0.000000490. The van der Waals surface area contributed by atoms with Crippen molar-refractivity contribution in [3.63, 3.8) is 0 Å². The maximum Gasteiger partial charge on any atom is 0.155 e. The van der Waals surface area contributed by atoms with E-state index in [1.54, 1.807) is 0 Å². The van der Waals surface area contributed by atoms with E-state index in [4.69, 9.17) is 0 Å². The first-order valence-electron chi connectivity index (χ1n) is 2.25. The minimum absolute atomic E-state index is 0. The average Bonchev–Trinajstić information content (AvgIpc) is 1.91. The lowest BCUT2D eigenvalue weighted by Crippen LogP contribution is -2.17. The SMILES string of the molecule is CN1CCN=C1S.Cl. The van der Waals surface area contributed by atoms with Gasteiger partial charge in [-0.05, 0) is 0 Å². The molecule has 0 aliphatic carbocycles. The minimum atomic E-state index is 0. The zero-order valence-corrected chi connectivity index (χ0v) is 6.38. The molecule has 0 aromatic carbocycles. The molecule has 0 fully saturated rings. The van der Waals surface area contributed by atoms with Crippen LogP contribution in [0.1, 0.15) is 0 Å². The van der Waals surface area contributed by atoms with Crippen molar-refractivity contribution < 1.29 is 0 Å². The molecule has 0 N–H and O–H groups in total. The van der Waals surface area contributed by atoms with Crippen LogP contribution in [0.4, 0.5) is 0 Å². The summed E-state index contributed by atoms with van der Waals surface area (Å²) in [6.45, 7) is 1.94. The number of amidine groups is 1. The van der Waals surface area contributed by atoms with Crippen molar-refractivity contribution in [3.05, 3.63) is 0 Å². The number of nitrogens with zero attached hydrogens (tertiary/aromatic N) is 2. The molecule has 1 heterocycles. The molecule has 4 heteroatoms. The predicted octanol–water partition coefficient (Wildman–Crippen LogP) is 0.639. The molecule has 0 unspecified atom stereocenters. The third kappa shape index (κ3) is 1.56. The molecule has 0 aromatic rings. The van der Waals surface area contributed by atoms with E-state index < -0.39 is 0 Å². The van der Waals surface area contributed by atoms with Crippen molar-refractivity contribution in [3.8, 4) is 0 Å². The highest BCUT2D eigenvalue weighted by Gasteiger charge is 2.05. The van der Waals surface area contributed by atoms with Gasteiger partial charge in [-0.15, -0.1) is 25.0 Å². The van der Waals surface area contributed by atoms with Crippen molar-refractivity contribution in [1.82, 2.24) is 4.90 Å². The van der Waals surface area contributed by atoms with Gasteiger partial charge in [0.05, 0.1) is 6.54 Å². The van der Waals surface area contributed by atoms with Crippen LogP contribution < -0.4 is 0 Å². The van der Waals surface area contributed by atoms with Gasteiger partial charge in [-0.25, -0.2) is 0 Å². The minimum Gasteiger partial charge on any atom is -0.353 e. The number of halogens is 1. The number of thiol groups is 1. The molecule has 0 radical (unpaired) electrons. The number of hydrogen-bond donors (Lipinski definition) is 1. The zero-order valence-electron chi connectivity index (χ0n) is 4.66. The molecular formula is C4H9ClN2S. The summed E-state index contributed by atoms with van der Waals surface area (Å²) in [6.07, 6.45) is 0. The molecule has 8 heavy (non-hydrogen) atoms. The Morgan fingerprint density at radius 1 is 1.75 bits per heavy atom. The van der Waals surface area contributed by atoms with Gasteiger partial charge in [0, 0.05) is 13.6 Å². The molecule has 0 saturated heterocycles. The van der Waals surface area contributed by atoms with E-state index in [0.29, 0.717) is 0 Å². The van der Waals surface area contributed by atoms with E-state index in [1.807, 2.05) is 11.9 Å². The Morgan fingerprint density at radius 3 is 2.50 bits per heavy atom. The Labute approximate surface area is 60.8 Å². The molecule has 1 aliphatic rings. The van der Waals surface area contributed by atoms with Crippen LogP contribution in [0, 0.1) is 0 Å². The van der Waals surface area contributed by atoms with Gasteiger partial charge in [-0.2, -0.15) is 0 Å². The van der Waals surface area contributed by atoms with Gasteiger partial charge in [0.1, 0.15) is 0 Å². The zero-order chi connectivity index (χ0) is 5.28. The highest BCUT2D eigenvalue weighted by molar-refractivity contribution is 7.96. The summed E-state index contributed by atoms with van der Waals surface area (Å²) < 4.78 is 0. The molecule has 2 nitrogen and oxygen atoms in total. The largest absolute Gasteiger partial charge is 0.353 e. The maximum atomic E-state index is 4.06. The van der Waals surface area contributed by atoms with Crippen LogP contribution in [0.15, 0.2) is 4.99 Å². The monoisotopic (exact) mass is 152 g/mol. The predicted molar refractivity (Wildman–Crippen MR) is 41.2 cm³/mol. The van der Waals surface area contributed by atoms with Crippen LogP contribution in [0.25, 0.3) is 0 Å². The number of rotatable bonds is 0. The Kier molecular flexibility index (Phi) is 3.24. The molecule has 0 amide bonds. The summed E-state index contributed by atoms with van der Waals surface area (Å²) in [6, 6.07) is 0. The van der Waals surface area contributed by atoms with Gasteiger partial charge in [0.2, 0.25) is 0 Å². The van der Waals surface area contributed by atoms with Crippen LogP contribution in [-0.4, -0.2) is 30.2 Å². The lowest BCUT2D eigenvalue weighted by atomic mass is 10.6. The van der Waals surface area contributed by atoms with Crippen LogP contribution in [0.5, 0.6) is 0 Å². The van der Waals surface area contributed by atoms with Gasteiger partial charge in [0.25, 0.3) is 0 Å². The molecule has 1 aliphatic heterocycles. The molecule has 0 atom stereocenters. The van der Waals surface area contributed by atoms with Gasteiger partial charge in [-0.1, -0.05) is 0 Å². The topological polar surface area (TPSA) is 15.6 Å². The Hall–Kier alpha value is 0.110. The van der Waals surface area contributed by atoms with Gasteiger partial charge < -0.3 is 4.90 Å². The van der Waals surface area contributed by atoms with E-state index >= 15 is 0 Å². The molecular weight excluding hydrogens is 144 g/mol. The summed E-state index contributed by atoms with van der Waals surface area (Å²) in [7, 11) is 1.98. The third-order valence-corrected chi connectivity index (χ3v) is 1.51. The van der Waals surface area contributed by atoms with Crippen molar-refractivity contribution in [1.29, 1.82) is 0 Å². The fraction of sp³-hybridized carbons (Fsp3) is 0.750. The fourth-order valence-electron chi connectivity index (χ4n) is 0.521. The van der Waals surface area contributed by atoms with E-state index in [-0.39, 0.29) is 12.4 Å². The first kappa shape index (κ1) is 8.11. The molecule has 48 valence electrons. The molecule has 0 spiro atoms. The van der Waals surface area contributed by atoms with E-state index in [1.165, 1.54) is 0 Å². The summed E-state index contributed by atoms with van der Waals surface area (Å²) in [4.78, 5) is 6.04. The van der Waals surface area contributed by atoms with Crippen LogP contribution >= 0.6 is 25.0 Å². The van der Waals surface area contributed by atoms with Gasteiger partial charge >= 0.3 is 0 Å². The second kappa shape index (κ2) is 3.20. The highest BCUT2D eigenvalue weighted by Crippen LogP contribution is 1.99. The standard InChI is InChI=1S/C4H8N2S.ClH/c1-6-3-2-5-4(6)7;/h2-3H2,1H3,(H,5,7);1H. The molecule has 0 saturated carbocycles. The first-order valence-corrected chi connectivity index (χ1v) is 2.70. The number of hydrogen-bond acceptors (Lipinski definition) is 2. The molecule has 0 aromatic heterocycles.